The maximum absolute atomic E-state index is 12.1. The predicted molar refractivity (Wildman–Crippen MR) is 85.7 cm³/mol. The second-order valence-corrected chi connectivity index (χ2v) is 5.08. The molecule has 0 radical (unpaired) electrons. The molecule has 8 heteroatoms. The molecule has 0 aliphatic carbocycles. The topological polar surface area (TPSA) is 102 Å². The minimum absolute atomic E-state index is 0. The van der Waals surface area contributed by atoms with E-state index in [-0.39, 0.29) is 37.9 Å². The molecule has 1 atom stereocenters. The van der Waals surface area contributed by atoms with Crippen LogP contribution in [0.3, 0.4) is 0 Å². The molecule has 0 aromatic heterocycles. The molecule has 1 aliphatic heterocycles. The second kappa shape index (κ2) is 9.12. The van der Waals surface area contributed by atoms with Gasteiger partial charge in [0.25, 0.3) is 0 Å². The van der Waals surface area contributed by atoms with Crippen molar-refractivity contribution in [2.75, 3.05) is 19.6 Å². The van der Waals surface area contributed by atoms with E-state index in [2.05, 4.69) is 5.32 Å². The van der Waals surface area contributed by atoms with E-state index in [0.717, 1.165) is 5.56 Å². The van der Waals surface area contributed by atoms with Crippen LogP contribution in [0.4, 0.5) is 0 Å². The van der Waals surface area contributed by atoms with Gasteiger partial charge < -0.3 is 20.7 Å². The maximum atomic E-state index is 12.1. The number of nitrogens with zero attached hydrogens (tertiary/aromatic N) is 1. The molecule has 7 nitrogen and oxygen atoms in total. The number of benzene rings is 1. The molecule has 1 aromatic carbocycles. The van der Waals surface area contributed by atoms with Gasteiger partial charge in [-0.3, -0.25) is 14.4 Å². The lowest BCUT2D eigenvalue weighted by atomic mass is 10.1. The lowest BCUT2D eigenvalue weighted by Gasteiger charge is -2.31. The molecule has 0 bridgehead atoms. The molecule has 1 heterocycles. The number of nitrogens with two attached hydrogens (primary N) is 1. The fourth-order valence-corrected chi connectivity index (χ4v) is 2.25. The molecule has 0 saturated carbocycles. The Kier molecular flexibility index (Phi) is 7.50. The van der Waals surface area contributed by atoms with Crippen LogP contribution < -0.4 is 11.1 Å². The van der Waals surface area contributed by atoms with E-state index >= 15 is 0 Å². The highest BCUT2D eigenvalue weighted by Gasteiger charge is 2.30. The van der Waals surface area contributed by atoms with Crippen LogP contribution in [-0.4, -0.2) is 48.4 Å². The van der Waals surface area contributed by atoms with Crippen molar-refractivity contribution < 1.29 is 19.1 Å². The van der Waals surface area contributed by atoms with Crippen molar-refractivity contribution in [1.82, 2.24) is 10.2 Å². The first-order chi connectivity index (χ1) is 10.6. The summed E-state index contributed by atoms with van der Waals surface area (Å²) in [7, 11) is 0. The number of primary amides is 1. The molecule has 2 rings (SSSR count). The highest BCUT2D eigenvalue weighted by Crippen LogP contribution is 2.06. The zero-order valence-corrected chi connectivity index (χ0v) is 13.4. The number of ether oxygens (including phenoxy) is 1. The monoisotopic (exact) mass is 341 g/mol. The van der Waals surface area contributed by atoms with Gasteiger partial charge in [0.15, 0.2) is 0 Å². The Morgan fingerprint density at radius 1 is 1.30 bits per heavy atom. The molecular formula is C15H20ClN3O4. The molecule has 126 valence electrons. The minimum Gasteiger partial charge on any atom is -0.459 e. The Balaban J connectivity index is 0.00000264. The standard InChI is InChI=1S/C15H19N3O4.ClH/c16-13(19)8-12-15(21)18(7-6-17-12)9-14(20)22-10-11-4-2-1-3-5-11;/h1-5,12,17H,6-10H2,(H2,16,19);1H. The molecule has 1 unspecified atom stereocenters. The summed E-state index contributed by atoms with van der Waals surface area (Å²) in [5, 5.41) is 2.92. The summed E-state index contributed by atoms with van der Waals surface area (Å²) in [5.74, 6) is -1.34. The maximum Gasteiger partial charge on any atom is 0.325 e. The minimum atomic E-state index is -0.659. The summed E-state index contributed by atoms with van der Waals surface area (Å²) in [6, 6.07) is 8.64. The third-order valence-corrected chi connectivity index (χ3v) is 3.35. The first-order valence-electron chi connectivity index (χ1n) is 7.06. The number of rotatable bonds is 6. The average molecular weight is 342 g/mol. The molecule has 1 fully saturated rings. The van der Waals surface area contributed by atoms with Crippen LogP contribution in [0.5, 0.6) is 0 Å². The number of amides is 2. The Morgan fingerprint density at radius 3 is 2.65 bits per heavy atom. The number of carbonyl (C=O) groups excluding carboxylic acids is 3. The molecule has 23 heavy (non-hydrogen) atoms. The van der Waals surface area contributed by atoms with Crippen LogP contribution in [0.25, 0.3) is 0 Å². The summed E-state index contributed by atoms with van der Waals surface area (Å²) in [6.45, 7) is 0.956. The van der Waals surface area contributed by atoms with E-state index in [1.165, 1.54) is 4.90 Å². The lowest BCUT2D eigenvalue weighted by molar-refractivity contribution is -0.152. The van der Waals surface area contributed by atoms with E-state index in [1.807, 2.05) is 30.3 Å². The van der Waals surface area contributed by atoms with Crippen molar-refractivity contribution in [2.45, 2.75) is 19.1 Å². The van der Waals surface area contributed by atoms with Crippen molar-refractivity contribution in [3.8, 4) is 0 Å². The summed E-state index contributed by atoms with van der Waals surface area (Å²) in [6.07, 6.45) is -0.0750. The van der Waals surface area contributed by atoms with Crippen molar-refractivity contribution in [3.63, 3.8) is 0 Å². The van der Waals surface area contributed by atoms with Crippen LogP contribution in [0.15, 0.2) is 30.3 Å². The molecule has 1 aliphatic rings. The third kappa shape index (κ3) is 5.88. The molecule has 1 saturated heterocycles. The normalized spacial score (nSPS) is 17.3. The summed E-state index contributed by atoms with van der Waals surface area (Å²) in [5.41, 5.74) is 5.99. The number of esters is 1. The largest absolute Gasteiger partial charge is 0.459 e. The van der Waals surface area contributed by atoms with Crippen LogP contribution in [-0.2, 0) is 25.7 Å². The number of halogens is 1. The predicted octanol–water partition coefficient (Wildman–Crippen LogP) is -0.173. The molecule has 1 aromatic rings. The lowest BCUT2D eigenvalue weighted by Crippen LogP contribution is -2.57. The highest BCUT2D eigenvalue weighted by molar-refractivity contribution is 5.90. The molecule has 0 spiro atoms. The van der Waals surface area contributed by atoms with E-state index in [4.69, 9.17) is 10.5 Å². The summed E-state index contributed by atoms with van der Waals surface area (Å²) in [4.78, 5) is 36.3. The first kappa shape index (κ1) is 18.9. The Bertz CT molecular complexity index is 553. The van der Waals surface area contributed by atoms with Gasteiger partial charge in [-0.25, -0.2) is 0 Å². The quantitative estimate of drug-likeness (QED) is 0.699. The Hall–Kier alpha value is -2.12. The van der Waals surface area contributed by atoms with E-state index in [9.17, 15) is 14.4 Å². The number of hydrogen-bond acceptors (Lipinski definition) is 5. The van der Waals surface area contributed by atoms with Gasteiger partial charge in [-0.05, 0) is 5.56 Å². The van der Waals surface area contributed by atoms with Crippen LogP contribution in [0, 0.1) is 0 Å². The number of piperazine rings is 1. The van der Waals surface area contributed by atoms with E-state index in [0.29, 0.717) is 13.1 Å². The Labute approximate surface area is 140 Å². The third-order valence-electron chi connectivity index (χ3n) is 3.35. The van der Waals surface area contributed by atoms with Gasteiger partial charge in [-0.15, -0.1) is 12.4 Å². The van der Waals surface area contributed by atoms with Crippen molar-refractivity contribution in [3.05, 3.63) is 35.9 Å². The van der Waals surface area contributed by atoms with Crippen molar-refractivity contribution in [2.24, 2.45) is 5.73 Å². The van der Waals surface area contributed by atoms with Crippen molar-refractivity contribution >= 4 is 30.2 Å². The van der Waals surface area contributed by atoms with Crippen LogP contribution in [0.2, 0.25) is 0 Å². The molecule has 3 N–H and O–H groups in total. The summed E-state index contributed by atoms with van der Waals surface area (Å²) < 4.78 is 5.15. The number of nitrogens with one attached hydrogen (secondary N) is 1. The van der Waals surface area contributed by atoms with E-state index in [1.54, 1.807) is 0 Å². The average Bonchev–Trinajstić information content (AvgIpc) is 2.50. The number of hydrogen-bond donors (Lipinski definition) is 2. The van der Waals surface area contributed by atoms with Crippen LogP contribution >= 0.6 is 12.4 Å². The summed E-state index contributed by atoms with van der Waals surface area (Å²) >= 11 is 0. The first-order valence-corrected chi connectivity index (χ1v) is 7.06. The van der Waals surface area contributed by atoms with Crippen LogP contribution in [0.1, 0.15) is 12.0 Å². The number of carbonyl (C=O) groups is 3. The highest BCUT2D eigenvalue weighted by atomic mass is 35.5. The Morgan fingerprint density at radius 2 is 2.00 bits per heavy atom. The smallest absolute Gasteiger partial charge is 0.325 e. The zero-order chi connectivity index (χ0) is 15.9. The van der Waals surface area contributed by atoms with Crippen molar-refractivity contribution in [1.29, 1.82) is 0 Å². The molecular weight excluding hydrogens is 322 g/mol. The zero-order valence-electron chi connectivity index (χ0n) is 12.6. The van der Waals surface area contributed by atoms with Gasteiger partial charge in [-0.1, -0.05) is 30.3 Å². The fourth-order valence-electron chi connectivity index (χ4n) is 2.25. The van der Waals surface area contributed by atoms with Gasteiger partial charge in [-0.2, -0.15) is 0 Å². The fraction of sp³-hybridized carbons (Fsp3) is 0.400. The van der Waals surface area contributed by atoms with Gasteiger partial charge >= 0.3 is 5.97 Å². The second-order valence-electron chi connectivity index (χ2n) is 5.08. The molecule has 2 amide bonds. The van der Waals surface area contributed by atoms with E-state index < -0.39 is 17.9 Å². The van der Waals surface area contributed by atoms with Gasteiger partial charge in [0, 0.05) is 13.1 Å². The van der Waals surface area contributed by atoms with Gasteiger partial charge in [0.05, 0.1) is 12.5 Å². The van der Waals surface area contributed by atoms with Gasteiger partial charge in [0.1, 0.15) is 13.2 Å². The SMILES string of the molecule is Cl.NC(=O)CC1NCCN(CC(=O)OCc2ccccc2)C1=O. The van der Waals surface area contributed by atoms with Gasteiger partial charge in [0.2, 0.25) is 11.8 Å².